The summed E-state index contributed by atoms with van der Waals surface area (Å²) in [5.41, 5.74) is 1.23. The van der Waals surface area contributed by atoms with Crippen molar-refractivity contribution >= 4 is 34.9 Å². The van der Waals surface area contributed by atoms with E-state index in [4.69, 9.17) is 28.3 Å². The number of nitrogens with one attached hydrogen (secondary N) is 1. The fourth-order valence-corrected chi connectivity index (χ4v) is 2.58. The lowest BCUT2D eigenvalue weighted by atomic mass is 9.49. The average Bonchev–Trinajstić information content (AvgIpc) is 2.61. The van der Waals surface area contributed by atoms with Gasteiger partial charge in [-0.25, -0.2) is 0 Å². The van der Waals surface area contributed by atoms with Crippen LogP contribution in [0.3, 0.4) is 0 Å². The van der Waals surface area contributed by atoms with Crippen LogP contribution in [0.2, 0.25) is 0 Å². The largest absolute Gasteiger partial charge is 0.372 e. The standard InChI is InChI=1S/C9H10B3NOS/c10-9(11,12)13-5-7-6-2-4-15-8(6)1-3-14-7/h2,4,7,13H,1,3,5H2. The molecular formula is C9H10B3NOS. The van der Waals surface area contributed by atoms with Gasteiger partial charge in [0, 0.05) is 17.8 Å². The van der Waals surface area contributed by atoms with E-state index in [2.05, 4.69) is 16.8 Å². The Hall–Kier alpha value is -0.185. The zero-order chi connectivity index (χ0) is 10.9. The Morgan fingerprint density at radius 1 is 1.53 bits per heavy atom. The third-order valence-electron chi connectivity index (χ3n) is 2.37. The van der Waals surface area contributed by atoms with Gasteiger partial charge in [-0.2, -0.15) is 0 Å². The Balaban J connectivity index is 2.01. The number of fused-ring (bicyclic) bond motifs is 1. The van der Waals surface area contributed by atoms with Crippen LogP contribution in [-0.4, -0.2) is 41.9 Å². The zero-order valence-electron chi connectivity index (χ0n) is 8.40. The molecule has 0 aromatic carbocycles. The first-order valence-corrected chi connectivity index (χ1v) is 5.74. The molecule has 1 N–H and O–H groups in total. The van der Waals surface area contributed by atoms with E-state index in [9.17, 15) is 0 Å². The van der Waals surface area contributed by atoms with Crippen molar-refractivity contribution in [2.75, 3.05) is 13.2 Å². The van der Waals surface area contributed by atoms with Gasteiger partial charge in [0.15, 0.2) is 0 Å². The molecular weight excluding hydrogens is 203 g/mol. The van der Waals surface area contributed by atoms with Gasteiger partial charge in [0.1, 0.15) is 0 Å². The van der Waals surface area contributed by atoms with Crippen LogP contribution in [-0.2, 0) is 11.2 Å². The van der Waals surface area contributed by atoms with Crippen LogP contribution in [0.4, 0.5) is 0 Å². The van der Waals surface area contributed by atoms with E-state index in [-0.39, 0.29) is 6.10 Å². The summed E-state index contributed by atoms with van der Waals surface area (Å²) < 4.78 is 5.64. The summed E-state index contributed by atoms with van der Waals surface area (Å²) in [5, 5.41) is 3.58. The summed E-state index contributed by atoms with van der Waals surface area (Å²) >= 11 is 1.76. The summed E-state index contributed by atoms with van der Waals surface area (Å²) in [6.45, 7) is 1.28. The molecule has 0 spiro atoms. The topological polar surface area (TPSA) is 21.3 Å². The van der Waals surface area contributed by atoms with E-state index >= 15 is 0 Å². The fraction of sp³-hybridized carbons (Fsp3) is 0.556. The van der Waals surface area contributed by atoms with Gasteiger partial charge >= 0.3 is 0 Å². The van der Waals surface area contributed by atoms with Crippen molar-refractivity contribution in [3.8, 4) is 0 Å². The van der Waals surface area contributed by atoms with Gasteiger partial charge in [-0.05, 0) is 17.0 Å². The van der Waals surface area contributed by atoms with Crippen LogP contribution in [0, 0.1) is 0 Å². The molecule has 0 saturated heterocycles. The third kappa shape index (κ3) is 2.89. The molecule has 6 heteroatoms. The summed E-state index contributed by atoms with van der Waals surface area (Å²) in [6, 6.07) is 2.08. The molecule has 2 nitrogen and oxygen atoms in total. The van der Waals surface area contributed by atoms with Gasteiger partial charge in [-0.1, -0.05) is 5.24 Å². The highest BCUT2D eigenvalue weighted by molar-refractivity contribution is 7.10. The number of ether oxygens (including phenoxy) is 1. The van der Waals surface area contributed by atoms with Crippen LogP contribution >= 0.6 is 11.3 Å². The predicted octanol–water partition coefficient (Wildman–Crippen LogP) is 0.0683. The number of hydrogen-bond donors (Lipinski definition) is 1. The average molecular weight is 213 g/mol. The van der Waals surface area contributed by atoms with Crippen LogP contribution in [0.5, 0.6) is 0 Å². The second-order valence-corrected chi connectivity index (χ2v) is 4.72. The maximum absolute atomic E-state index is 5.64. The lowest BCUT2D eigenvalue weighted by molar-refractivity contribution is 0.0437. The number of thiophene rings is 1. The molecule has 6 radical (unpaired) electrons. The fourth-order valence-electron chi connectivity index (χ4n) is 1.66. The highest BCUT2D eigenvalue weighted by atomic mass is 32.1. The van der Waals surface area contributed by atoms with Crippen molar-refractivity contribution in [3.63, 3.8) is 0 Å². The zero-order valence-corrected chi connectivity index (χ0v) is 9.22. The van der Waals surface area contributed by atoms with Crippen LogP contribution < -0.4 is 5.32 Å². The van der Waals surface area contributed by atoms with Crippen LogP contribution in [0.25, 0.3) is 0 Å². The van der Waals surface area contributed by atoms with Crippen LogP contribution in [0.1, 0.15) is 16.5 Å². The molecule has 72 valence electrons. The van der Waals surface area contributed by atoms with E-state index in [0.29, 0.717) is 6.54 Å². The molecule has 2 rings (SSSR count). The van der Waals surface area contributed by atoms with Gasteiger partial charge in [0.2, 0.25) is 0 Å². The maximum Gasteiger partial charge on any atom is 0.0959 e. The number of hydrogen-bond acceptors (Lipinski definition) is 3. The Morgan fingerprint density at radius 3 is 3.07 bits per heavy atom. The Bertz CT molecular complexity index is 336. The van der Waals surface area contributed by atoms with Crippen molar-refractivity contribution in [2.45, 2.75) is 17.8 Å². The quantitative estimate of drug-likeness (QED) is 0.717. The van der Waals surface area contributed by atoms with Crippen molar-refractivity contribution in [1.82, 2.24) is 5.32 Å². The maximum atomic E-state index is 5.64. The molecule has 0 fully saturated rings. The first-order valence-electron chi connectivity index (χ1n) is 4.86. The van der Waals surface area contributed by atoms with Gasteiger partial charge in [0.25, 0.3) is 0 Å². The van der Waals surface area contributed by atoms with Crippen molar-refractivity contribution in [3.05, 3.63) is 21.9 Å². The summed E-state index contributed by atoms with van der Waals surface area (Å²) in [6.07, 6.45) is 0.998. The highest BCUT2D eigenvalue weighted by Gasteiger charge is 2.22. The van der Waals surface area contributed by atoms with Gasteiger partial charge in [-0.3, -0.25) is 0 Å². The van der Waals surface area contributed by atoms with Crippen molar-refractivity contribution in [1.29, 1.82) is 0 Å². The monoisotopic (exact) mass is 213 g/mol. The molecule has 0 aliphatic carbocycles. The molecule has 1 atom stereocenters. The third-order valence-corrected chi connectivity index (χ3v) is 3.37. The first kappa shape index (κ1) is 11.3. The summed E-state index contributed by atoms with van der Waals surface area (Å²) in [4.78, 5) is 1.38. The van der Waals surface area contributed by atoms with E-state index < -0.39 is 5.24 Å². The SMILES string of the molecule is [B]C([B])([B])NCC1OCCc2sccc21. The lowest BCUT2D eigenvalue weighted by Gasteiger charge is -2.29. The van der Waals surface area contributed by atoms with E-state index in [0.717, 1.165) is 13.0 Å². The Kier molecular flexibility index (Phi) is 3.28. The van der Waals surface area contributed by atoms with E-state index in [1.54, 1.807) is 11.3 Å². The van der Waals surface area contributed by atoms with E-state index in [1.165, 1.54) is 10.4 Å². The molecule has 0 bridgehead atoms. The van der Waals surface area contributed by atoms with Crippen molar-refractivity contribution < 1.29 is 4.74 Å². The minimum Gasteiger partial charge on any atom is -0.372 e. The Labute approximate surface area is 98.0 Å². The molecule has 1 aromatic rings. The van der Waals surface area contributed by atoms with E-state index in [1.807, 2.05) is 0 Å². The molecule has 1 unspecified atom stereocenters. The molecule has 15 heavy (non-hydrogen) atoms. The predicted molar refractivity (Wildman–Crippen MR) is 64.7 cm³/mol. The summed E-state index contributed by atoms with van der Waals surface area (Å²) in [5.74, 6) is 0. The first-order chi connectivity index (χ1) is 7.06. The highest BCUT2D eigenvalue weighted by Crippen LogP contribution is 2.30. The molecule has 0 amide bonds. The molecule has 1 aliphatic heterocycles. The summed E-state index contributed by atoms with van der Waals surface area (Å²) in [7, 11) is 16.3. The normalized spacial score (nSPS) is 21.2. The van der Waals surface area contributed by atoms with Crippen molar-refractivity contribution in [2.24, 2.45) is 0 Å². The smallest absolute Gasteiger partial charge is 0.0959 e. The molecule has 1 aliphatic rings. The van der Waals surface area contributed by atoms with Gasteiger partial charge in [0.05, 0.1) is 36.2 Å². The van der Waals surface area contributed by atoms with Gasteiger partial charge in [-0.15, -0.1) is 11.3 Å². The minimum absolute atomic E-state index is 0.00928. The van der Waals surface area contributed by atoms with Crippen LogP contribution in [0.15, 0.2) is 11.4 Å². The second-order valence-electron chi connectivity index (χ2n) is 3.72. The lowest BCUT2D eigenvalue weighted by Crippen LogP contribution is -2.49. The van der Waals surface area contributed by atoms with Gasteiger partial charge < -0.3 is 10.1 Å². The minimum atomic E-state index is -1.34. The molecule has 0 saturated carbocycles. The number of rotatable bonds is 3. The molecule has 1 aromatic heterocycles. The molecule has 2 heterocycles. The second kappa shape index (κ2) is 4.36. The Morgan fingerprint density at radius 2 is 2.33 bits per heavy atom.